The van der Waals surface area contributed by atoms with Gasteiger partial charge in [0.15, 0.2) is 5.16 Å². The van der Waals surface area contributed by atoms with Crippen LogP contribution in [0.3, 0.4) is 0 Å². The van der Waals surface area contributed by atoms with Crippen molar-refractivity contribution >= 4 is 17.7 Å². The Balaban J connectivity index is 2.16. The van der Waals surface area contributed by atoms with Gasteiger partial charge in [-0.15, -0.1) is 0 Å². The van der Waals surface area contributed by atoms with Crippen molar-refractivity contribution in [3.63, 3.8) is 0 Å². The van der Waals surface area contributed by atoms with E-state index in [9.17, 15) is 4.79 Å². The van der Waals surface area contributed by atoms with E-state index in [1.165, 1.54) is 11.8 Å². The van der Waals surface area contributed by atoms with E-state index in [1.807, 2.05) is 24.7 Å². The van der Waals surface area contributed by atoms with Gasteiger partial charge < -0.3 is 9.67 Å². The van der Waals surface area contributed by atoms with Crippen LogP contribution in [0, 0.1) is 6.92 Å². The highest BCUT2D eigenvalue weighted by molar-refractivity contribution is 7.99. The lowest BCUT2D eigenvalue weighted by molar-refractivity contribution is -0.133. The van der Waals surface area contributed by atoms with Gasteiger partial charge in [-0.25, -0.2) is 4.98 Å². The number of carboxylic acids is 1. The van der Waals surface area contributed by atoms with Gasteiger partial charge >= 0.3 is 5.97 Å². The number of hydrogen-bond acceptors (Lipinski definition) is 4. The molecular formula is C11H14N4O2S. The third-order valence-electron chi connectivity index (χ3n) is 2.44. The maximum absolute atomic E-state index is 10.6. The summed E-state index contributed by atoms with van der Waals surface area (Å²) in [6.07, 6.45) is 5.48. The van der Waals surface area contributed by atoms with E-state index in [4.69, 9.17) is 5.11 Å². The normalized spacial score (nSPS) is 10.8. The minimum Gasteiger partial charge on any atom is -0.481 e. The number of hydrogen-bond donors (Lipinski definition) is 1. The van der Waals surface area contributed by atoms with Crippen LogP contribution >= 0.6 is 11.8 Å². The van der Waals surface area contributed by atoms with E-state index in [1.54, 1.807) is 17.1 Å². The van der Waals surface area contributed by atoms with Gasteiger partial charge in [0.25, 0.3) is 0 Å². The molecule has 0 aliphatic heterocycles. The second-order valence-electron chi connectivity index (χ2n) is 3.97. The second kappa shape index (κ2) is 5.26. The zero-order valence-electron chi connectivity index (χ0n) is 10.2. The van der Waals surface area contributed by atoms with Gasteiger partial charge in [-0.3, -0.25) is 9.48 Å². The Bertz CT molecular complexity index is 561. The molecule has 0 aliphatic carbocycles. The number of aromatic nitrogens is 4. The molecule has 0 amide bonds. The van der Waals surface area contributed by atoms with Gasteiger partial charge in [-0.1, -0.05) is 11.8 Å². The Morgan fingerprint density at radius 3 is 2.89 bits per heavy atom. The predicted octanol–water partition coefficient (Wildman–Crippen LogP) is 1.15. The number of aryl methyl sites for hydroxylation is 2. The molecule has 18 heavy (non-hydrogen) atoms. The summed E-state index contributed by atoms with van der Waals surface area (Å²) in [7, 11) is 1.87. The average molecular weight is 266 g/mol. The standard InChI is InChI=1S/C11H14N4O2S/c1-8-3-12-11(18-7-10(16)17)15(8)6-9-4-13-14(2)5-9/h3-5H,6-7H2,1-2H3,(H,16,17). The maximum Gasteiger partial charge on any atom is 0.313 e. The second-order valence-corrected chi connectivity index (χ2v) is 4.92. The molecule has 0 aliphatic rings. The van der Waals surface area contributed by atoms with Crippen molar-refractivity contribution in [1.29, 1.82) is 0 Å². The zero-order chi connectivity index (χ0) is 13.1. The number of carboxylic acid groups (broad SMARTS) is 1. The van der Waals surface area contributed by atoms with Crippen LogP contribution in [-0.2, 0) is 18.4 Å². The topological polar surface area (TPSA) is 72.9 Å². The molecule has 7 heteroatoms. The maximum atomic E-state index is 10.6. The molecule has 1 N–H and O–H groups in total. The Hall–Kier alpha value is -1.76. The number of aliphatic carboxylic acids is 1. The SMILES string of the molecule is Cc1cnc(SCC(=O)O)n1Cc1cnn(C)c1. The van der Waals surface area contributed by atoms with Crippen LogP contribution < -0.4 is 0 Å². The van der Waals surface area contributed by atoms with Crippen molar-refractivity contribution in [2.24, 2.45) is 7.05 Å². The van der Waals surface area contributed by atoms with Gasteiger partial charge in [0.05, 0.1) is 18.5 Å². The minimum absolute atomic E-state index is 0.0174. The van der Waals surface area contributed by atoms with Crippen LogP contribution in [0.5, 0.6) is 0 Å². The Morgan fingerprint density at radius 1 is 1.50 bits per heavy atom. The average Bonchev–Trinajstić information content (AvgIpc) is 2.85. The molecule has 0 bridgehead atoms. The fourth-order valence-corrected chi connectivity index (χ4v) is 2.35. The summed E-state index contributed by atoms with van der Waals surface area (Å²) < 4.78 is 3.73. The summed E-state index contributed by atoms with van der Waals surface area (Å²) in [6, 6.07) is 0. The number of imidazole rings is 1. The first-order valence-electron chi connectivity index (χ1n) is 5.40. The quantitative estimate of drug-likeness (QED) is 0.822. The van der Waals surface area contributed by atoms with E-state index in [0.29, 0.717) is 6.54 Å². The molecule has 2 aromatic heterocycles. The van der Waals surface area contributed by atoms with E-state index in [2.05, 4.69) is 10.1 Å². The van der Waals surface area contributed by atoms with Crippen molar-refractivity contribution in [3.05, 3.63) is 29.8 Å². The lowest BCUT2D eigenvalue weighted by Gasteiger charge is -2.07. The molecule has 96 valence electrons. The smallest absolute Gasteiger partial charge is 0.313 e. The molecule has 0 fully saturated rings. The molecule has 0 atom stereocenters. The lowest BCUT2D eigenvalue weighted by Crippen LogP contribution is -2.05. The van der Waals surface area contributed by atoms with E-state index in [0.717, 1.165) is 16.4 Å². The number of nitrogens with zero attached hydrogens (tertiary/aromatic N) is 4. The van der Waals surface area contributed by atoms with Gasteiger partial charge in [0.1, 0.15) is 0 Å². The molecular weight excluding hydrogens is 252 g/mol. The molecule has 0 unspecified atom stereocenters. The molecule has 6 nitrogen and oxygen atoms in total. The van der Waals surface area contributed by atoms with E-state index in [-0.39, 0.29) is 5.75 Å². The summed E-state index contributed by atoms with van der Waals surface area (Å²) in [5.74, 6) is -0.822. The van der Waals surface area contributed by atoms with Gasteiger partial charge in [-0.05, 0) is 6.92 Å². The van der Waals surface area contributed by atoms with Crippen LogP contribution in [0.4, 0.5) is 0 Å². The first-order chi connectivity index (χ1) is 8.56. The zero-order valence-corrected chi connectivity index (χ0v) is 11.0. The highest BCUT2D eigenvalue weighted by Crippen LogP contribution is 2.19. The number of carbonyl (C=O) groups is 1. The monoisotopic (exact) mass is 266 g/mol. The summed E-state index contributed by atoms with van der Waals surface area (Å²) >= 11 is 1.23. The Labute approximate surface area is 109 Å². The van der Waals surface area contributed by atoms with Crippen molar-refractivity contribution in [2.75, 3.05) is 5.75 Å². The number of rotatable bonds is 5. The molecule has 2 aromatic rings. The third kappa shape index (κ3) is 2.92. The van der Waals surface area contributed by atoms with Crippen LogP contribution in [0.15, 0.2) is 23.7 Å². The van der Waals surface area contributed by atoms with Gasteiger partial charge in [0, 0.05) is 30.7 Å². The van der Waals surface area contributed by atoms with Crippen LogP contribution in [0.2, 0.25) is 0 Å². The van der Waals surface area contributed by atoms with Crippen molar-refractivity contribution < 1.29 is 9.90 Å². The summed E-state index contributed by atoms with van der Waals surface area (Å²) in [4.78, 5) is 14.8. The first kappa shape index (κ1) is 12.7. The molecule has 0 aromatic carbocycles. The van der Waals surface area contributed by atoms with Crippen molar-refractivity contribution in [2.45, 2.75) is 18.6 Å². The summed E-state index contributed by atoms with van der Waals surface area (Å²) in [6.45, 7) is 2.61. The van der Waals surface area contributed by atoms with E-state index < -0.39 is 5.97 Å². The molecule has 0 spiro atoms. The summed E-state index contributed by atoms with van der Waals surface area (Å²) in [5.41, 5.74) is 2.07. The Morgan fingerprint density at radius 2 is 2.28 bits per heavy atom. The Kier molecular flexibility index (Phi) is 3.71. The molecule has 0 radical (unpaired) electrons. The van der Waals surface area contributed by atoms with Crippen molar-refractivity contribution in [3.8, 4) is 0 Å². The van der Waals surface area contributed by atoms with Crippen LogP contribution in [0.1, 0.15) is 11.3 Å². The minimum atomic E-state index is -0.839. The van der Waals surface area contributed by atoms with E-state index >= 15 is 0 Å². The fourth-order valence-electron chi connectivity index (χ4n) is 1.61. The lowest BCUT2D eigenvalue weighted by atomic mass is 10.3. The van der Waals surface area contributed by atoms with Gasteiger partial charge in [-0.2, -0.15) is 5.10 Å². The first-order valence-corrected chi connectivity index (χ1v) is 6.39. The third-order valence-corrected chi connectivity index (χ3v) is 3.42. The van der Waals surface area contributed by atoms with Crippen LogP contribution in [-0.4, -0.2) is 36.2 Å². The van der Waals surface area contributed by atoms with Crippen LogP contribution in [0.25, 0.3) is 0 Å². The highest BCUT2D eigenvalue weighted by atomic mass is 32.2. The molecule has 0 saturated carbocycles. The molecule has 0 saturated heterocycles. The fraction of sp³-hybridized carbons (Fsp3) is 0.364. The highest BCUT2D eigenvalue weighted by Gasteiger charge is 2.10. The molecule has 2 rings (SSSR count). The summed E-state index contributed by atoms with van der Waals surface area (Å²) in [5, 5.41) is 13.5. The molecule has 2 heterocycles. The van der Waals surface area contributed by atoms with Gasteiger partial charge in [0.2, 0.25) is 0 Å². The number of thioether (sulfide) groups is 1. The van der Waals surface area contributed by atoms with Crippen molar-refractivity contribution in [1.82, 2.24) is 19.3 Å². The largest absolute Gasteiger partial charge is 0.481 e. The predicted molar refractivity (Wildman–Crippen MR) is 67.6 cm³/mol.